The number of benzene rings is 1. The standard InChI is InChI=1S/C11H14F2N2O/c1-2-3-7-14-11(16)15-10-8(12)5-4-6-9(10)13/h4-6H,2-3,7H2,1H3,(H2,14,15,16). The van der Waals surface area contributed by atoms with Gasteiger partial charge in [-0.15, -0.1) is 0 Å². The quantitative estimate of drug-likeness (QED) is 0.764. The van der Waals surface area contributed by atoms with Gasteiger partial charge in [0, 0.05) is 6.54 Å². The summed E-state index contributed by atoms with van der Waals surface area (Å²) in [6.45, 7) is 2.47. The van der Waals surface area contributed by atoms with E-state index in [0.29, 0.717) is 6.54 Å². The molecule has 0 unspecified atom stereocenters. The second-order valence-electron chi connectivity index (χ2n) is 3.33. The van der Waals surface area contributed by atoms with Gasteiger partial charge in [0.1, 0.15) is 17.3 Å². The maximum absolute atomic E-state index is 13.1. The summed E-state index contributed by atoms with van der Waals surface area (Å²) >= 11 is 0. The number of hydrogen-bond acceptors (Lipinski definition) is 1. The Bertz CT molecular complexity index is 349. The Morgan fingerprint density at radius 2 is 1.94 bits per heavy atom. The van der Waals surface area contributed by atoms with Crippen LogP contribution in [0.25, 0.3) is 0 Å². The van der Waals surface area contributed by atoms with E-state index in [1.54, 1.807) is 0 Å². The third kappa shape index (κ3) is 3.49. The molecule has 2 N–H and O–H groups in total. The zero-order chi connectivity index (χ0) is 12.0. The number of halogens is 2. The summed E-state index contributed by atoms with van der Waals surface area (Å²) in [5.74, 6) is -1.57. The van der Waals surface area contributed by atoms with Crippen LogP contribution in [0.4, 0.5) is 19.3 Å². The van der Waals surface area contributed by atoms with Gasteiger partial charge in [-0.2, -0.15) is 0 Å². The first-order valence-electron chi connectivity index (χ1n) is 5.14. The highest BCUT2D eigenvalue weighted by molar-refractivity contribution is 5.89. The van der Waals surface area contributed by atoms with Crippen molar-refractivity contribution in [3.05, 3.63) is 29.8 Å². The number of hydrogen-bond donors (Lipinski definition) is 2. The molecule has 0 aliphatic carbocycles. The van der Waals surface area contributed by atoms with E-state index in [1.165, 1.54) is 6.07 Å². The van der Waals surface area contributed by atoms with Gasteiger partial charge in [0.25, 0.3) is 0 Å². The summed E-state index contributed by atoms with van der Waals surface area (Å²) in [5, 5.41) is 4.64. The molecule has 0 atom stereocenters. The highest BCUT2D eigenvalue weighted by atomic mass is 19.1. The molecule has 0 fully saturated rings. The van der Waals surface area contributed by atoms with Gasteiger partial charge in [-0.25, -0.2) is 13.6 Å². The molecule has 0 heterocycles. The molecular formula is C11H14F2N2O. The van der Waals surface area contributed by atoms with E-state index >= 15 is 0 Å². The normalized spacial score (nSPS) is 9.94. The Balaban J connectivity index is 2.56. The molecule has 0 aliphatic heterocycles. The van der Waals surface area contributed by atoms with Crippen LogP contribution in [0, 0.1) is 11.6 Å². The van der Waals surface area contributed by atoms with Crippen molar-refractivity contribution in [1.82, 2.24) is 5.32 Å². The molecule has 0 aliphatic rings. The largest absolute Gasteiger partial charge is 0.338 e. The van der Waals surface area contributed by atoms with Crippen molar-refractivity contribution >= 4 is 11.7 Å². The van der Waals surface area contributed by atoms with Crippen molar-refractivity contribution in [2.45, 2.75) is 19.8 Å². The number of anilines is 1. The van der Waals surface area contributed by atoms with Crippen LogP contribution >= 0.6 is 0 Å². The van der Waals surface area contributed by atoms with Gasteiger partial charge >= 0.3 is 6.03 Å². The average Bonchev–Trinajstić information content (AvgIpc) is 2.24. The number of unbranched alkanes of at least 4 members (excludes halogenated alkanes) is 1. The number of rotatable bonds is 4. The van der Waals surface area contributed by atoms with Crippen molar-refractivity contribution in [1.29, 1.82) is 0 Å². The second kappa shape index (κ2) is 6.05. The maximum Gasteiger partial charge on any atom is 0.319 e. The molecule has 1 rings (SSSR count). The first-order chi connectivity index (χ1) is 7.65. The Kier molecular flexibility index (Phi) is 4.69. The molecule has 0 radical (unpaired) electrons. The van der Waals surface area contributed by atoms with Crippen LogP contribution in [-0.4, -0.2) is 12.6 Å². The number of carbonyl (C=O) groups is 1. The molecule has 1 aromatic carbocycles. The van der Waals surface area contributed by atoms with Gasteiger partial charge < -0.3 is 10.6 Å². The van der Waals surface area contributed by atoms with Crippen LogP contribution in [0.5, 0.6) is 0 Å². The van der Waals surface area contributed by atoms with Gasteiger partial charge in [-0.1, -0.05) is 19.4 Å². The fourth-order valence-corrected chi connectivity index (χ4v) is 1.15. The third-order valence-corrected chi connectivity index (χ3v) is 2.02. The van der Waals surface area contributed by atoms with E-state index in [0.717, 1.165) is 25.0 Å². The van der Waals surface area contributed by atoms with Crippen molar-refractivity contribution in [3.8, 4) is 0 Å². The lowest BCUT2D eigenvalue weighted by molar-refractivity contribution is 0.251. The predicted molar refractivity (Wildman–Crippen MR) is 58.3 cm³/mol. The summed E-state index contributed by atoms with van der Waals surface area (Å²) in [5.41, 5.74) is -0.420. The molecular weight excluding hydrogens is 214 g/mol. The minimum Gasteiger partial charge on any atom is -0.338 e. The first-order valence-corrected chi connectivity index (χ1v) is 5.14. The van der Waals surface area contributed by atoms with Gasteiger partial charge in [0.2, 0.25) is 0 Å². The molecule has 2 amide bonds. The van der Waals surface area contributed by atoms with Gasteiger partial charge in [0.15, 0.2) is 0 Å². The highest BCUT2D eigenvalue weighted by Gasteiger charge is 2.10. The number of amides is 2. The molecule has 88 valence electrons. The van der Waals surface area contributed by atoms with Crippen LogP contribution in [0.1, 0.15) is 19.8 Å². The van der Waals surface area contributed by atoms with E-state index in [-0.39, 0.29) is 0 Å². The molecule has 0 aromatic heterocycles. The third-order valence-electron chi connectivity index (χ3n) is 2.02. The van der Waals surface area contributed by atoms with Gasteiger partial charge in [-0.3, -0.25) is 0 Å². The molecule has 0 saturated carbocycles. The Morgan fingerprint density at radius 1 is 1.31 bits per heavy atom. The van der Waals surface area contributed by atoms with Crippen molar-refractivity contribution < 1.29 is 13.6 Å². The van der Waals surface area contributed by atoms with E-state index in [9.17, 15) is 13.6 Å². The number of para-hydroxylation sites is 1. The Labute approximate surface area is 92.8 Å². The molecule has 1 aromatic rings. The van der Waals surface area contributed by atoms with E-state index in [1.807, 2.05) is 6.92 Å². The molecule has 5 heteroatoms. The molecule has 0 saturated heterocycles. The summed E-state index contributed by atoms with van der Waals surface area (Å²) in [6.07, 6.45) is 1.77. The Hall–Kier alpha value is -1.65. The smallest absolute Gasteiger partial charge is 0.319 e. The lowest BCUT2D eigenvalue weighted by atomic mass is 10.3. The summed E-state index contributed by atoms with van der Waals surface area (Å²) in [6, 6.07) is 2.82. The van der Waals surface area contributed by atoms with E-state index < -0.39 is 23.4 Å². The molecule has 0 spiro atoms. The fourth-order valence-electron chi connectivity index (χ4n) is 1.15. The molecule has 0 bridgehead atoms. The van der Waals surface area contributed by atoms with Gasteiger partial charge in [0.05, 0.1) is 0 Å². The maximum atomic E-state index is 13.1. The minimum atomic E-state index is -0.786. The first kappa shape index (κ1) is 12.4. The number of carbonyl (C=O) groups excluding carboxylic acids is 1. The van der Waals surface area contributed by atoms with Crippen molar-refractivity contribution in [2.24, 2.45) is 0 Å². The summed E-state index contributed by atoms with van der Waals surface area (Å²) in [4.78, 5) is 11.2. The lowest BCUT2D eigenvalue weighted by Gasteiger charge is -2.08. The zero-order valence-electron chi connectivity index (χ0n) is 9.02. The Morgan fingerprint density at radius 3 is 2.50 bits per heavy atom. The number of urea groups is 1. The van der Waals surface area contributed by atoms with Crippen LogP contribution in [0.3, 0.4) is 0 Å². The highest BCUT2D eigenvalue weighted by Crippen LogP contribution is 2.17. The van der Waals surface area contributed by atoms with Crippen molar-refractivity contribution in [2.75, 3.05) is 11.9 Å². The topological polar surface area (TPSA) is 41.1 Å². The monoisotopic (exact) mass is 228 g/mol. The van der Waals surface area contributed by atoms with E-state index in [4.69, 9.17) is 0 Å². The zero-order valence-corrected chi connectivity index (χ0v) is 9.02. The minimum absolute atomic E-state index is 0.420. The lowest BCUT2D eigenvalue weighted by Crippen LogP contribution is -2.30. The van der Waals surface area contributed by atoms with Crippen LogP contribution in [0.2, 0.25) is 0 Å². The summed E-state index contributed by atoms with van der Waals surface area (Å²) in [7, 11) is 0. The second-order valence-corrected chi connectivity index (χ2v) is 3.33. The summed E-state index contributed by atoms with van der Waals surface area (Å²) < 4.78 is 26.2. The predicted octanol–water partition coefficient (Wildman–Crippen LogP) is 2.89. The SMILES string of the molecule is CCCCNC(=O)Nc1c(F)cccc1F. The van der Waals surface area contributed by atoms with Gasteiger partial charge in [-0.05, 0) is 18.6 Å². The average molecular weight is 228 g/mol. The molecule has 16 heavy (non-hydrogen) atoms. The molecule has 3 nitrogen and oxygen atoms in total. The number of nitrogens with one attached hydrogen (secondary N) is 2. The fraction of sp³-hybridized carbons (Fsp3) is 0.364. The van der Waals surface area contributed by atoms with Crippen LogP contribution < -0.4 is 10.6 Å². The van der Waals surface area contributed by atoms with Crippen LogP contribution in [0.15, 0.2) is 18.2 Å². The van der Waals surface area contributed by atoms with E-state index in [2.05, 4.69) is 10.6 Å². The van der Waals surface area contributed by atoms with Crippen molar-refractivity contribution in [3.63, 3.8) is 0 Å². The van der Waals surface area contributed by atoms with Crippen LogP contribution in [-0.2, 0) is 0 Å².